The summed E-state index contributed by atoms with van der Waals surface area (Å²) in [6.07, 6.45) is 1.25. The van der Waals surface area contributed by atoms with Crippen molar-refractivity contribution in [2.75, 3.05) is 13.1 Å². The molecule has 0 spiro atoms. The number of hydrogen-bond donors (Lipinski definition) is 1. The maximum Gasteiger partial charge on any atom is 0.0239 e. The van der Waals surface area contributed by atoms with Gasteiger partial charge in [-0.05, 0) is 32.4 Å². The largest absolute Gasteiger partial charge is 0.315 e. The molecule has 0 aliphatic carbocycles. The van der Waals surface area contributed by atoms with Crippen molar-refractivity contribution in [3.63, 3.8) is 0 Å². The smallest absolute Gasteiger partial charge is 0.0239 e. The van der Waals surface area contributed by atoms with Gasteiger partial charge in [-0.1, -0.05) is 30.3 Å². The lowest BCUT2D eigenvalue weighted by atomic mass is 10.1. The molecular weight excluding hydrogens is 196 g/mol. The summed E-state index contributed by atoms with van der Waals surface area (Å²) in [4.78, 5) is 2.61. The summed E-state index contributed by atoms with van der Waals surface area (Å²) >= 11 is 0. The maximum absolute atomic E-state index is 3.50. The van der Waals surface area contributed by atoms with Crippen LogP contribution in [0, 0.1) is 0 Å². The minimum absolute atomic E-state index is 0.623. The Morgan fingerprint density at radius 2 is 1.94 bits per heavy atom. The summed E-state index contributed by atoms with van der Waals surface area (Å²) in [5.41, 5.74) is 1.42. The molecule has 0 bridgehead atoms. The summed E-state index contributed by atoms with van der Waals surface area (Å²) in [5.74, 6) is 0. The summed E-state index contributed by atoms with van der Waals surface area (Å²) in [6, 6.07) is 12.1. The molecule has 1 fully saturated rings. The Labute approximate surface area is 98.7 Å². The Hall–Kier alpha value is -0.860. The molecule has 1 aliphatic rings. The van der Waals surface area contributed by atoms with Crippen molar-refractivity contribution in [2.45, 2.75) is 38.9 Å². The van der Waals surface area contributed by atoms with E-state index in [1.54, 1.807) is 0 Å². The first-order valence-corrected chi connectivity index (χ1v) is 6.28. The third kappa shape index (κ3) is 2.83. The van der Waals surface area contributed by atoms with E-state index in [0.29, 0.717) is 12.1 Å². The highest BCUT2D eigenvalue weighted by Crippen LogP contribution is 2.15. The van der Waals surface area contributed by atoms with E-state index in [1.165, 1.54) is 12.0 Å². The number of hydrogen-bond acceptors (Lipinski definition) is 2. The van der Waals surface area contributed by atoms with Crippen molar-refractivity contribution in [1.29, 1.82) is 0 Å². The van der Waals surface area contributed by atoms with Gasteiger partial charge >= 0.3 is 0 Å². The van der Waals surface area contributed by atoms with E-state index in [2.05, 4.69) is 54.4 Å². The van der Waals surface area contributed by atoms with E-state index in [4.69, 9.17) is 0 Å². The number of nitrogens with zero attached hydrogens (tertiary/aromatic N) is 1. The summed E-state index contributed by atoms with van der Waals surface area (Å²) in [6.45, 7) is 7.99. The maximum atomic E-state index is 3.50. The summed E-state index contributed by atoms with van der Waals surface area (Å²) < 4.78 is 0. The second kappa shape index (κ2) is 5.46. The fourth-order valence-electron chi connectivity index (χ4n) is 2.45. The number of benzene rings is 1. The van der Waals surface area contributed by atoms with Crippen LogP contribution < -0.4 is 5.32 Å². The average Bonchev–Trinajstić information content (AvgIpc) is 2.46. The van der Waals surface area contributed by atoms with E-state index in [-0.39, 0.29) is 0 Å². The standard InChI is InChI=1S/C14H22N2/c1-12-8-9-15-10-13(2)16(12)11-14-6-4-3-5-7-14/h3-7,12-13,15H,8-11H2,1-2H3. The molecule has 0 saturated carbocycles. The molecule has 1 heterocycles. The molecule has 1 aromatic rings. The molecular formula is C14H22N2. The van der Waals surface area contributed by atoms with Gasteiger partial charge in [0.25, 0.3) is 0 Å². The van der Waals surface area contributed by atoms with Gasteiger partial charge in [0.15, 0.2) is 0 Å². The zero-order valence-corrected chi connectivity index (χ0v) is 10.3. The van der Waals surface area contributed by atoms with Gasteiger partial charge in [0.05, 0.1) is 0 Å². The van der Waals surface area contributed by atoms with E-state index in [9.17, 15) is 0 Å². The number of rotatable bonds is 2. The van der Waals surface area contributed by atoms with Crippen LogP contribution in [-0.4, -0.2) is 30.1 Å². The lowest BCUT2D eigenvalue weighted by Crippen LogP contribution is -2.41. The molecule has 1 aliphatic heterocycles. The van der Waals surface area contributed by atoms with Crippen LogP contribution in [0.25, 0.3) is 0 Å². The first-order valence-electron chi connectivity index (χ1n) is 6.28. The SMILES string of the molecule is CC1CCNCC(C)N1Cc1ccccc1. The predicted molar refractivity (Wildman–Crippen MR) is 68.4 cm³/mol. The van der Waals surface area contributed by atoms with Crippen LogP contribution in [0.1, 0.15) is 25.8 Å². The van der Waals surface area contributed by atoms with E-state index >= 15 is 0 Å². The second-order valence-corrected chi connectivity index (χ2v) is 4.85. The zero-order chi connectivity index (χ0) is 11.4. The quantitative estimate of drug-likeness (QED) is 0.819. The average molecular weight is 218 g/mol. The van der Waals surface area contributed by atoms with Gasteiger partial charge in [0.1, 0.15) is 0 Å². The molecule has 1 aromatic carbocycles. The van der Waals surface area contributed by atoms with Crippen molar-refractivity contribution in [1.82, 2.24) is 10.2 Å². The van der Waals surface area contributed by atoms with E-state index < -0.39 is 0 Å². The minimum atomic E-state index is 0.623. The van der Waals surface area contributed by atoms with Crippen LogP contribution in [-0.2, 0) is 6.54 Å². The van der Waals surface area contributed by atoms with Crippen LogP contribution in [0.5, 0.6) is 0 Å². The minimum Gasteiger partial charge on any atom is -0.315 e. The van der Waals surface area contributed by atoms with Crippen molar-refractivity contribution in [3.8, 4) is 0 Å². The Morgan fingerprint density at radius 3 is 2.69 bits per heavy atom. The van der Waals surface area contributed by atoms with Crippen molar-refractivity contribution < 1.29 is 0 Å². The van der Waals surface area contributed by atoms with E-state index in [1.807, 2.05) is 0 Å². The van der Waals surface area contributed by atoms with Crippen molar-refractivity contribution in [3.05, 3.63) is 35.9 Å². The van der Waals surface area contributed by atoms with Crippen LogP contribution in [0.15, 0.2) is 30.3 Å². The third-order valence-electron chi connectivity index (χ3n) is 3.52. The fraction of sp³-hybridized carbons (Fsp3) is 0.571. The van der Waals surface area contributed by atoms with Gasteiger partial charge in [-0.15, -0.1) is 0 Å². The van der Waals surface area contributed by atoms with Gasteiger partial charge in [-0.3, -0.25) is 4.90 Å². The second-order valence-electron chi connectivity index (χ2n) is 4.85. The topological polar surface area (TPSA) is 15.3 Å². The highest BCUT2D eigenvalue weighted by atomic mass is 15.2. The van der Waals surface area contributed by atoms with Crippen LogP contribution >= 0.6 is 0 Å². The van der Waals surface area contributed by atoms with Gasteiger partial charge in [0, 0.05) is 25.2 Å². The van der Waals surface area contributed by atoms with Gasteiger partial charge in [-0.2, -0.15) is 0 Å². The molecule has 0 radical (unpaired) electrons. The first-order chi connectivity index (χ1) is 7.77. The molecule has 1 saturated heterocycles. The molecule has 1 N–H and O–H groups in total. The molecule has 0 amide bonds. The van der Waals surface area contributed by atoms with Crippen molar-refractivity contribution in [2.24, 2.45) is 0 Å². The lowest BCUT2D eigenvalue weighted by Gasteiger charge is -2.32. The summed E-state index contributed by atoms with van der Waals surface area (Å²) in [5, 5.41) is 3.50. The molecule has 16 heavy (non-hydrogen) atoms. The first kappa shape index (κ1) is 11.6. The molecule has 2 atom stereocenters. The predicted octanol–water partition coefficient (Wildman–Crippen LogP) is 2.26. The van der Waals surface area contributed by atoms with E-state index in [0.717, 1.165) is 19.6 Å². The molecule has 2 unspecified atom stereocenters. The molecule has 88 valence electrons. The Bertz CT molecular complexity index is 298. The molecule has 2 nitrogen and oxygen atoms in total. The molecule has 2 heteroatoms. The van der Waals surface area contributed by atoms with Gasteiger partial charge in [0.2, 0.25) is 0 Å². The Balaban J connectivity index is 2.06. The monoisotopic (exact) mass is 218 g/mol. The molecule has 0 aromatic heterocycles. The zero-order valence-electron chi connectivity index (χ0n) is 10.3. The normalized spacial score (nSPS) is 27.6. The van der Waals surface area contributed by atoms with Crippen molar-refractivity contribution >= 4 is 0 Å². The van der Waals surface area contributed by atoms with Crippen LogP contribution in [0.4, 0.5) is 0 Å². The lowest BCUT2D eigenvalue weighted by molar-refractivity contribution is 0.154. The van der Waals surface area contributed by atoms with Crippen LogP contribution in [0.3, 0.4) is 0 Å². The fourth-order valence-corrected chi connectivity index (χ4v) is 2.45. The highest BCUT2D eigenvalue weighted by Gasteiger charge is 2.22. The molecule has 2 rings (SSSR count). The third-order valence-corrected chi connectivity index (χ3v) is 3.52. The Morgan fingerprint density at radius 1 is 1.19 bits per heavy atom. The number of nitrogens with one attached hydrogen (secondary N) is 1. The van der Waals surface area contributed by atoms with Crippen LogP contribution in [0.2, 0.25) is 0 Å². The Kier molecular flexibility index (Phi) is 3.97. The van der Waals surface area contributed by atoms with Gasteiger partial charge in [-0.25, -0.2) is 0 Å². The highest BCUT2D eigenvalue weighted by molar-refractivity contribution is 5.14. The van der Waals surface area contributed by atoms with Gasteiger partial charge < -0.3 is 5.32 Å². The summed E-state index contributed by atoms with van der Waals surface area (Å²) in [7, 11) is 0.